The number of hydrogen-bond donors (Lipinski definition) is 0. The highest BCUT2D eigenvalue weighted by Crippen LogP contribution is 2.41. The molecule has 4 rings (SSSR count). The van der Waals surface area contributed by atoms with Gasteiger partial charge in [0.2, 0.25) is 0 Å². The van der Waals surface area contributed by atoms with Crippen LogP contribution >= 0.6 is 34.7 Å². The van der Waals surface area contributed by atoms with Crippen molar-refractivity contribution in [3.63, 3.8) is 0 Å². The molecule has 0 unspecified atom stereocenters. The second-order valence-corrected chi connectivity index (χ2v) is 8.09. The Morgan fingerprint density at radius 2 is 1.93 bits per heavy atom. The summed E-state index contributed by atoms with van der Waals surface area (Å²) in [6, 6.07) is 13.2. The van der Waals surface area contributed by atoms with Crippen LogP contribution in [0.3, 0.4) is 0 Å². The Bertz CT molecular complexity index is 1160. The van der Waals surface area contributed by atoms with Crippen molar-refractivity contribution in [2.45, 2.75) is 11.8 Å². The molecule has 148 valence electrons. The molecule has 2 aromatic carbocycles. The number of carbonyl (C=O) groups excluding carboxylic acids is 1. The third kappa shape index (κ3) is 4.42. The zero-order valence-electron chi connectivity index (χ0n) is 14.5. The number of nitrogens with zero attached hydrogens (tertiary/aromatic N) is 2. The molecule has 2 heterocycles. The summed E-state index contributed by atoms with van der Waals surface area (Å²) in [6.45, 7) is -2.91. The van der Waals surface area contributed by atoms with E-state index < -0.39 is 6.61 Å². The van der Waals surface area contributed by atoms with Gasteiger partial charge in [-0.15, -0.1) is 21.5 Å². The molecule has 0 saturated heterocycles. The van der Waals surface area contributed by atoms with Gasteiger partial charge in [0, 0.05) is 15.6 Å². The molecule has 29 heavy (non-hydrogen) atoms. The van der Waals surface area contributed by atoms with E-state index in [0.717, 1.165) is 21.8 Å². The average molecular weight is 453 g/mol. The molecular weight excluding hydrogens is 442 g/mol. The van der Waals surface area contributed by atoms with Crippen LogP contribution in [0.2, 0.25) is 5.02 Å². The number of thiophene rings is 1. The van der Waals surface area contributed by atoms with E-state index >= 15 is 0 Å². The molecule has 0 aliphatic rings. The second kappa shape index (κ2) is 8.48. The number of aromatic nitrogens is 2. The first-order chi connectivity index (χ1) is 14.0. The largest absolute Gasteiger partial charge is 0.435 e. The molecule has 0 saturated carbocycles. The predicted octanol–water partition coefficient (Wildman–Crippen LogP) is 6.18. The summed E-state index contributed by atoms with van der Waals surface area (Å²) in [5.74, 6) is 0.125. The Morgan fingerprint density at radius 3 is 2.66 bits per heavy atom. The van der Waals surface area contributed by atoms with Crippen LogP contribution in [0.25, 0.3) is 20.9 Å². The molecule has 2 aromatic heterocycles. The Morgan fingerprint density at radius 1 is 1.17 bits per heavy atom. The number of hydrogen-bond acceptors (Lipinski definition) is 7. The predicted molar refractivity (Wildman–Crippen MR) is 108 cm³/mol. The zero-order chi connectivity index (χ0) is 20.4. The summed E-state index contributed by atoms with van der Waals surface area (Å²) in [7, 11) is 0. The van der Waals surface area contributed by atoms with Gasteiger partial charge in [-0.2, -0.15) is 8.78 Å². The first-order valence-corrected chi connectivity index (χ1v) is 10.4. The molecule has 10 heteroatoms. The highest BCUT2D eigenvalue weighted by Gasteiger charge is 2.18. The van der Waals surface area contributed by atoms with Gasteiger partial charge in [-0.3, -0.25) is 4.79 Å². The minimum absolute atomic E-state index is 0.00837. The van der Waals surface area contributed by atoms with Crippen molar-refractivity contribution < 1.29 is 22.7 Å². The first-order valence-electron chi connectivity index (χ1n) is 8.23. The molecule has 0 aliphatic carbocycles. The third-order valence-corrected chi connectivity index (χ3v) is 6.35. The lowest BCUT2D eigenvalue weighted by atomic mass is 10.1. The maximum absolute atomic E-state index is 12.3. The van der Waals surface area contributed by atoms with Gasteiger partial charge in [-0.05, 0) is 30.3 Å². The molecule has 0 radical (unpaired) electrons. The fraction of sp³-hybridized carbons (Fsp3) is 0.105. The van der Waals surface area contributed by atoms with E-state index in [2.05, 4.69) is 14.9 Å². The fourth-order valence-electron chi connectivity index (χ4n) is 2.54. The van der Waals surface area contributed by atoms with Gasteiger partial charge in [0.25, 0.3) is 11.1 Å². The molecular formula is C19H11ClF2N2O3S2. The van der Waals surface area contributed by atoms with Crippen LogP contribution in [0.15, 0.2) is 58.2 Å². The summed E-state index contributed by atoms with van der Waals surface area (Å²) in [6.07, 6.45) is 0. The monoisotopic (exact) mass is 452 g/mol. The maximum atomic E-state index is 12.3. The van der Waals surface area contributed by atoms with Crippen LogP contribution in [-0.4, -0.2) is 28.3 Å². The van der Waals surface area contributed by atoms with E-state index in [-0.39, 0.29) is 22.5 Å². The first kappa shape index (κ1) is 19.8. The highest BCUT2D eigenvalue weighted by molar-refractivity contribution is 7.99. The van der Waals surface area contributed by atoms with Gasteiger partial charge in [-0.1, -0.05) is 41.6 Å². The molecule has 0 fully saturated rings. The highest BCUT2D eigenvalue weighted by atomic mass is 35.5. The number of carbonyl (C=O) groups is 1. The minimum atomic E-state index is -2.91. The smallest absolute Gasteiger partial charge is 0.387 e. The van der Waals surface area contributed by atoms with Crippen LogP contribution in [0.4, 0.5) is 8.78 Å². The lowest BCUT2D eigenvalue weighted by Crippen LogP contribution is -2.04. The number of benzene rings is 2. The van der Waals surface area contributed by atoms with Crippen LogP contribution in [0, 0.1) is 0 Å². The summed E-state index contributed by atoms with van der Waals surface area (Å²) < 4.78 is 35.3. The fourth-order valence-corrected chi connectivity index (χ4v) is 4.64. The van der Waals surface area contributed by atoms with Gasteiger partial charge < -0.3 is 9.15 Å². The summed E-state index contributed by atoms with van der Waals surface area (Å²) >= 11 is 8.95. The third-order valence-electron chi connectivity index (χ3n) is 3.86. The summed E-state index contributed by atoms with van der Waals surface area (Å²) in [4.78, 5) is 13.0. The minimum Gasteiger partial charge on any atom is -0.435 e. The van der Waals surface area contributed by atoms with E-state index in [1.165, 1.54) is 35.6 Å². The van der Waals surface area contributed by atoms with Crippen molar-refractivity contribution in [2.24, 2.45) is 0 Å². The number of Topliss-reactive ketones (excluding diaryl/α,β-unsaturated/α-hetero) is 1. The average Bonchev–Trinajstić information content (AvgIpc) is 3.31. The number of ketones is 1. The van der Waals surface area contributed by atoms with Gasteiger partial charge in [0.15, 0.2) is 5.78 Å². The molecule has 0 N–H and O–H groups in total. The molecule has 5 nitrogen and oxygen atoms in total. The molecule has 0 aliphatic heterocycles. The van der Waals surface area contributed by atoms with Crippen LogP contribution in [-0.2, 0) is 0 Å². The van der Waals surface area contributed by atoms with Gasteiger partial charge in [-0.25, -0.2) is 0 Å². The number of halogens is 3. The SMILES string of the molecule is O=C(CSc1nnc(-c2sc3ccccc3c2Cl)o1)c1ccc(OC(F)F)cc1. The number of rotatable bonds is 7. The van der Waals surface area contributed by atoms with Gasteiger partial charge in [0.05, 0.1) is 10.8 Å². The lowest BCUT2D eigenvalue weighted by Gasteiger charge is -2.04. The van der Waals surface area contributed by atoms with Crippen molar-refractivity contribution >= 4 is 50.6 Å². The van der Waals surface area contributed by atoms with Crippen LogP contribution in [0.1, 0.15) is 10.4 Å². The van der Waals surface area contributed by atoms with Crippen molar-refractivity contribution in [3.8, 4) is 16.5 Å². The van der Waals surface area contributed by atoms with Crippen molar-refractivity contribution in [3.05, 3.63) is 59.1 Å². The Hall–Kier alpha value is -2.49. The molecule has 4 aromatic rings. The van der Waals surface area contributed by atoms with Gasteiger partial charge in [0.1, 0.15) is 10.6 Å². The molecule has 0 amide bonds. The van der Waals surface area contributed by atoms with E-state index in [1.54, 1.807) is 0 Å². The maximum Gasteiger partial charge on any atom is 0.387 e. The van der Waals surface area contributed by atoms with E-state index in [0.29, 0.717) is 21.4 Å². The Kier molecular flexibility index (Phi) is 5.79. The van der Waals surface area contributed by atoms with Crippen LogP contribution < -0.4 is 4.74 Å². The molecule has 0 spiro atoms. The van der Waals surface area contributed by atoms with Crippen molar-refractivity contribution in [2.75, 3.05) is 5.75 Å². The normalized spacial score (nSPS) is 11.3. The Balaban J connectivity index is 1.42. The summed E-state index contributed by atoms with van der Waals surface area (Å²) in [5.41, 5.74) is 0.367. The standard InChI is InChI=1S/C19H11ClF2N2O3S2/c20-15-12-3-1-2-4-14(12)29-16(15)17-23-24-19(27-17)28-9-13(25)10-5-7-11(8-6-10)26-18(21)22/h1-8,18H,9H2. The number of thioether (sulfide) groups is 1. The van der Waals surface area contributed by atoms with E-state index in [1.807, 2.05) is 24.3 Å². The summed E-state index contributed by atoms with van der Waals surface area (Å²) in [5, 5.41) is 9.67. The zero-order valence-corrected chi connectivity index (χ0v) is 16.9. The molecule has 0 bridgehead atoms. The Labute approximate surface area is 176 Å². The number of ether oxygens (including phenoxy) is 1. The van der Waals surface area contributed by atoms with Crippen LogP contribution in [0.5, 0.6) is 5.75 Å². The topological polar surface area (TPSA) is 65.2 Å². The second-order valence-electron chi connectivity index (χ2n) is 5.73. The molecule has 0 atom stereocenters. The number of fused-ring (bicyclic) bond motifs is 1. The van der Waals surface area contributed by atoms with Crippen molar-refractivity contribution in [1.82, 2.24) is 10.2 Å². The quantitative estimate of drug-likeness (QED) is 0.246. The van der Waals surface area contributed by atoms with Gasteiger partial charge >= 0.3 is 6.61 Å². The lowest BCUT2D eigenvalue weighted by molar-refractivity contribution is -0.0498. The van der Waals surface area contributed by atoms with E-state index in [9.17, 15) is 13.6 Å². The van der Waals surface area contributed by atoms with Crippen molar-refractivity contribution in [1.29, 1.82) is 0 Å². The van der Waals surface area contributed by atoms with E-state index in [4.69, 9.17) is 16.0 Å². The number of alkyl halides is 2.